The molecule has 0 atom stereocenters. The van der Waals surface area contributed by atoms with Gasteiger partial charge in [-0.15, -0.1) is 0 Å². The number of fused-ring (bicyclic) bond motifs is 1. The summed E-state index contributed by atoms with van der Waals surface area (Å²) in [5, 5.41) is 18.5. The Balaban J connectivity index is 0.000000821. The number of amides is 1. The number of Topliss-reactive ketones (excluding diaryl/α,β-unsaturated/α-hetero) is 1. The number of ketones is 1. The fourth-order valence-corrected chi connectivity index (χ4v) is 4.37. The first kappa shape index (κ1) is 34.9. The molecule has 0 radical (unpaired) electrons. The first-order valence-corrected chi connectivity index (χ1v) is 13.5. The van der Waals surface area contributed by atoms with Crippen LogP contribution >= 0.6 is 0 Å². The molecule has 1 heterocycles. The Morgan fingerprint density at radius 1 is 1.12 bits per heavy atom. The average molecular weight is 609 g/mol. The van der Waals surface area contributed by atoms with Crippen LogP contribution in [0.5, 0.6) is 11.5 Å². The minimum atomic E-state index is -5.08. The number of carboxylic acid groups (broad SMARTS) is 1. The maximum absolute atomic E-state index is 13.5. The molecule has 0 unspecified atom stereocenters. The van der Waals surface area contributed by atoms with E-state index < -0.39 is 12.1 Å². The number of aliphatic carboxylic acids is 1. The summed E-state index contributed by atoms with van der Waals surface area (Å²) in [5.41, 5.74) is 4.02. The van der Waals surface area contributed by atoms with Crippen molar-refractivity contribution in [2.45, 2.75) is 52.3 Å². The number of anilines is 1. The lowest BCUT2D eigenvalue weighted by atomic mass is 9.84. The molecule has 0 aliphatic carbocycles. The van der Waals surface area contributed by atoms with Crippen molar-refractivity contribution in [3.63, 3.8) is 0 Å². The minimum Gasteiger partial charge on any atom is -0.493 e. The van der Waals surface area contributed by atoms with Crippen LogP contribution in [0.1, 0.15) is 71.5 Å². The van der Waals surface area contributed by atoms with Crippen molar-refractivity contribution in [1.82, 2.24) is 10.2 Å². The molecule has 1 aliphatic heterocycles. The molecule has 3 rings (SSSR count). The van der Waals surface area contributed by atoms with E-state index in [4.69, 9.17) is 24.8 Å². The van der Waals surface area contributed by atoms with Crippen LogP contribution in [0, 0.1) is 5.41 Å². The molecule has 43 heavy (non-hydrogen) atoms. The molecule has 0 bridgehead atoms. The summed E-state index contributed by atoms with van der Waals surface area (Å²) in [6.45, 7) is 9.23. The van der Waals surface area contributed by atoms with Crippen molar-refractivity contribution in [3.05, 3.63) is 52.1 Å². The summed E-state index contributed by atoms with van der Waals surface area (Å²) in [7, 11) is 6.96. The summed E-state index contributed by atoms with van der Waals surface area (Å²) < 4.78 is 43.4. The molecule has 0 spiro atoms. The number of rotatable bonds is 9. The van der Waals surface area contributed by atoms with Gasteiger partial charge in [-0.3, -0.25) is 15.0 Å². The molecule has 0 saturated heterocycles. The number of ether oxygens (including phenoxy) is 2. The number of hydrogen-bond donors (Lipinski definition) is 3. The largest absolute Gasteiger partial charge is 0.493 e. The van der Waals surface area contributed by atoms with Crippen LogP contribution in [0.15, 0.2) is 24.3 Å². The highest BCUT2D eigenvalue weighted by Gasteiger charge is 2.38. The quantitative estimate of drug-likeness (QED) is 0.344. The number of hydrogen-bond acceptors (Lipinski definition) is 7. The van der Waals surface area contributed by atoms with Crippen LogP contribution in [-0.4, -0.2) is 81.1 Å². The number of amidine groups is 1. The van der Waals surface area contributed by atoms with Crippen LogP contribution < -0.4 is 19.7 Å². The van der Waals surface area contributed by atoms with Crippen molar-refractivity contribution in [3.8, 4) is 11.5 Å². The van der Waals surface area contributed by atoms with Crippen LogP contribution in [0.3, 0.4) is 0 Å². The molecular formula is C30H39F3N4O6. The first-order chi connectivity index (χ1) is 19.9. The Hall–Kier alpha value is -4.29. The number of carboxylic acids is 1. The number of carbonyl (C=O) groups is 3. The number of nitrogens with zero attached hydrogens (tertiary/aromatic N) is 2. The van der Waals surface area contributed by atoms with Crippen LogP contribution in [-0.2, 0) is 16.8 Å². The molecule has 0 saturated carbocycles. The van der Waals surface area contributed by atoms with Crippen LogP contribution in [0.2, 0.25) is 0 Å². The molecule has 1 aliphatic rings. The second-order valence-corrected chi connectivity index (χ2v) is 11.1. The summed E-state index contributed by atoms with van der Waals surface area (Å²) in [4.78, 5) is 38.5. The van der Waals surface area contributed by atoms with Gasteiger partial charge in [-0.05, 0) is 41.7 Å². The average Bonchev–Trinajstić information content (AvgIpc) is 3.23. The van der Waals surface area contributed by atoms with E-state index in [-0.39, 0.29) is 29.5 Å². The van der Waals surface area contributed by atoms with E-state index in [2.05, 4.69) is 26.1 Å². The van der Waals surface area contributed by atoms with Gasteiger partial charge in [0, 0.05) is 50.1 Å². The van der Waals surface area contributed by atoms with E-state index in [0.717, 1.165) is 23.2 Å². The number of carbonyl (C=O) groups excluding carboxylic acids is 2. The van der Waals surface area contributed by atoms with Gasteiger partial charge in [0.15, 0.2) is 17.3 Å². The smallest absolute Gasteiger partial charge is 0.490 e. The van der Waals surface area contributed by atoms with Crippen LogP contribution in [0.25, 0.3) is 0 Å². The SMILES string of the molecule is CCCOc1cc(C(=O)CN2Cc3cc(N(C)C)c(C(=O)NC)cc3C2=N)cc(C(C)(C)C)c1OC.O=C(O)C(F)(F)F. The van der Waals surface area contributed by atoms with Crippen molar-refractivity contribution in [2.75, 3.05) is 46.3 Å². The monoisotopic (exact) mass is 608 g/mol. The zero-order valence-electron chi connectivity index (χ0n) is 25.7. The first-order valence-electron chi connectivity index (χ1n) is 13.5. The Morgan fingerprint density at radius 3 is 2.19 bits per heavy atom. The summed E-state index contributed by atoms with van der Waals surface area (Å²) >= 11 is 0. The van der Waals surface area contributed by atoms with E-state index >= 15 is 0 Å². The fraction of sp³-hybridized carbons (Fsp3) is 0.467. The molecular weight excluding hydrogens is 569 g/mol. The normalized spacial score (nSPS) is 12.6. The third-order valence-electron chi connectivity index (χ3n) is 6.54. The fourth-order valence-electron chi connectivity index (χ4n) is 4.37. The lowest BCUT2D eigenvalue weighted by Gasteiger charge is -2.25. The number of nitrogens with one attached hydrogen (secondary N) is 2. The van der Waals surface area contributed by atoms with Gasteiger partial charge in [-0.25, -0.2) is 4.79 Å². The molecule has 2 aromatic rings. The van der Waals surface area contributed by atoms with Crippen LogP contribution in [0.4, 0.5) is 18.9 Å². The second kappa shape index (κ2) is 13.8. The van der Waals surface area contributed by atoms with Gasteiger partial charge in [0.2, 0.25) is 0 Å². The molecule has 2 aromatic carbocycles. The molecule has 1 amide bonds. The third kappa shape index (κ3) is 8.39. The van der Waals surface area contributed by atoms with E-state index in [1.165, 1.54) is 0 Å². The van der Waals surface area contributed by atoms with Gasteiger partial charge >= 0.3 is 12.1 Å². The van der Waals surface area contributed by atoms with E-state index in [0.29, 0.717) is 41.3 Å². The topological polar surface area (TPSA) is 132 Å². The highest BCUT2D eigenvalue weighted by molar-refractivity contribution is 6.08. The predicted molar refractivity (Wildman–Crippen MR) is 157 cm³/mol. The van der Waals surface area contributed by atoms with Gasteiger partial charge in [-0.2, -0.15) is 13.2 Å². The molecule has 0 fully saturated rings. The summed E-state index contributed by atoms with van der Waals surface area (Å²) in [5.74, 6) is -1.64. The van der Waals surface area contributed by atoms with Gasteiger partial charge in [0.1, 0.15) is 5.84 Å². The molecule has 10 nitrogen and oxygen atoms in total. The Bertz CT molecular complexity index is 1380. The second-order valence-electron chi connectivity index (χ2n) is 11.1. The van der Waals surface area contributed by atoms with Gasteiger partial charge in [-0.1, -0.05) is 27.7 Å². The lowest BCUT2D eigenvalue weighted by molar-refractivity contribution is -0.192. The van der Waals surface area contributed by atoms with Crippen molar-refractivity contribution in [2.24, 2.45) is 0 Å². The Morgan fingerprint density at radius 2 is 1.72 bits per heavy atom. The molecule has 0 aromatic heterocycles. The van der Waals surface area contributed by atoms with Gasteiger partial charge in [0.05, 0.1) is 25.8 Å². The lowest BCUT2D eigenvalue weighted by Crippen LogP contribution is -2.30. The van der Waals surface area contributed by atoms with E-state index in [9.17, 15) is 22.8 Å². The van der Waals surface area contributed by atoms with Gasteiger partial charge < -0.3 is 29.7 Å². The zero-order chi connectivity index (χ0) is 32.9. The number of alkyl halides is 3. The third-order valence-corrected chi connectivity index (χ3v) is 6.54. The molecule has 3 N–H and O–H groups in total. The molecule has 236 valence electrons. The maximum Gasteiger partial charge on any atom is 0.490 e. The van der Waals surface area contributed by atoms with Crippen molar-refractivity contribution < 1.29 is 42.1 Å². The highest BCUT2D eigenvalue weighted by Crippen LogP contribution is 2.40. The number of methoxy groups -OCH3 is 1. The standard InChI is InChI=1S/C28H38N4O4.C2HF3O2/c1-9-10-36-24-13-17(11-21(25(24)35-8)28(2,3)4)23(33)16-32-15-18-12-22(31(6)7)20(27(34)30-5)14-19(18)26(32)29;3-2(4,5)1(6)7/h11-14,29H,9-10,15-16H2,1-8H3,(H,30,34);(H,6,7). The van der Waals surface area contributed by atoms with Gasteiger partial charge in [0.25, 0.3) is 5.91 Å². The predicted octanol–water partition coefficient (Wildman–Crippen LogP) is 4.86. The Labute approximate surface area is 249 Å². The van der Waals surface area contributed by atoms with Crippen molar-refractivity contribution in [1.29, 1.82) is 5.41 Å². The zero-order valence-corrected chi connectivity index (χ0v) is 25.7. The molecule has 13 heteroatoms. The van der Waals surface area contributed by atoms with Crippen molar-refractivity contribution >= 4 is 29.2 Å². The van der Waals surface area contributed by atoms with E-state index in [1.807, 2.05) is 38.1 Å². The maximum atomic E-state index is 13.5. The Kier molecular flexibility index (Phi) is 11.2. The summed E-state index contributed by atoms with van der Waals surface area (Å²) in [6, 6.07) is 7.30. The highest BCUT2D eigenvalue weighted by atomic mass is 19.4. The minimum absolute atomic E-state index is 0.0449. The van der Waals surface area contributed by atoms with E-state index in [1.54, 1.807) is 31.2 Å². The number of benzene rings is 2. The summed E-state index contributed by atoms with van der Waals surface area (Å²) in [6.07, 6.45) is -4.25. The number of halogens is 3.